The Hall–Kier alpha value is -1.95. The van der Waals surface area contributed by atoms with Gasteiger partial charge in [0.25, 0.3) is 5.91 Å². The molecule has 2 aromatic rings. The Morgan fingerprint density at radius 3 is 2.44 bits per heavy atom. The van der Waals surface area contributed by atoms with E-state index in [0.29, 0.717) is 18.7 Å². The molecule has 1 aromatic carbocycles. The number of carbonyl (C=O) groups is 1. The molecule has 1 saturated heterocycles. The fourth-order valence-corrected chi connectivity index (χ4v) is 4.89. The van der Waals surface area contributed by atoms with Crippen LogP contribution in [0.4, 0.5) is 20.2 Å². The Labute approximate surface area is 149 Å². The zero-order valence-electron chi connectivity index (χ0n) is 13.9. The largest absolute Gasteiger partial charge is 0.367 e. The lowest BCUT2D eigenvalue weighted by molar-refractivity contribution is 0.102. The minimum absolute atomic E-state index is 0.0170. The lowest BCUT2D eigenvalue weighted by Crippen LogP contribution is -2.21. The van der Waals surface area contributed by atoms with Gasteiger partial charge in [-0.1, -0.05) is 0 Å². The van der Waals surface area contributed by atoms with Crippen LogP contribution in [0.3, 0.4) is 0 Å². The van der Waals surface area contributed by atoms with E-state index in [9.17, 15) is 13.6 Å². The van der Waals surface area contributed by atoms with Gasteiger partial charge in [0.15, 0.2) is 11.6 Å². The number of fused-ring (bicyclic) bond motifs is 1. The monoisotopic (exact) mass is 362 g/mol. The van der Waals surface area contributed by atoms with E-state index in [1.54, 1.807) is 16.2 Å². The summed E-state index contributed by atoms with van der Waals surface area (Å²) in [6.07, 6.45) is 6.04. The first-order valence-electron chi connectivity index (χ1n) is 8.78. The average Bonchev–Trinajstić information content (AvgIpc) is 3.23. The van der Waals surface area contributed by atoms with Crippen molar-refractivity contribution >= 4 is 28.6 Å². The summed E-state index contributed by atoms with van der Waals surface area (Å²) in [7, 11) is 0. The first-order valence-corrected chi connectivity index (χ1v) is 9.66. The maximum atomic E-state index is 14.4. The predicted octanol–water partition coefficient (Wildman–Crippen LogP) is 4.76. The van der Waals surface area contributed by atoms with Crippen LogP contribution in [0.2, 0.25) is 0 Å². The van der Waals surface area contributed by atoms with E-state index >= 15 is 0 Å². The van der Waals surface area contributed by atoms with Crippen molar-refractivity contribution in [3.8, 4) is 0 Å². The third-order valence-electron chi connectivity index (χ3n) is 5.00. The van der Waals surface area contributed by atoms with Crippen molar-refractivity contribution < 1.29 is 13.6 Å². The molecule has 0 bridgehead atoms. The van der Waals surface area contributed by atoms with Crippen LogP contribution < -0.4 is 10.2 Å². The van der Waals surface area contributed by atoms with Gasteiger partial charge in [-0.2, -0.15) is 0 Å². The van der Waals surface area contributed by atoms with Gasteiger partial charge in [0, 0.05) is 29.0 Å². The second kappa shape index (κ2) is 6.75. The molecule has 2 heterocycles. The number of thiophene rings is 1. The van der Waals surface area contributed by atoms with E-state index in [-0.39, 0.29) is 17.3 Å². The number of hydrogen-bond acceptors (Lipinski definition) is 3. The molecule has 1 fully saturated rings. The summed E-state index contributed by atoms with van der Waals surface area (Å²) in [5.74, 6) is -1.53. The first kappa shape index (κ1) is 16.5. The smallest absolute Gasteiger partial charge is 0.256 e. The Balaban J connectivity index is 1.56. The van der Waals surface area contributed by atoms with Gasteiger partial charge in [-0.25, -0.2) is 8.78 Å². The van der Waals surface area contributed by atoms with Crippen molar-refractivity contribution in [2.75, 3.05) is 23.3 Å². The summed E-state index contributed by atoms with van der Waals surface area (Å²) in [4.78, 5) is 15.5. The summed E-state index contributed by atoms with van der Waals surface area (Å²) < 4.78 is 28.8. The minimum Gasteiger partial charge on any atom is -0.367 e. The zero-order valence-corrected chi connectivity index (χ0v) is 14.7. The van der Waals surface area contributed by atoms with Gasteiger partial charge < -0.3 is 10.2 Å². The van der Waals surface area contributed by atoms with Crippen molar-refractivity contribution in [3.63, 3.8) is 0 Å². The zero-order chi connectivity index (χ0) is 17.4. The van der Waals surface area contributed by atoms with Crippen LogP contribution in [-0.2, 0) is 12.8 Å². The predicted molar refractivity (Wildman–Crippen MR) is 96.7 cm³/mol. The standard InChI is InChI=1S/C19H20F2N2OS/c20-15-9-12(10-16(21)18(15)23-7-3-4-8-23)22-19(24)14-11-25-17-6-2-1-5-13(14)17/h9-11H,1-8H2,(H,22,24). The molecule has 1 amide bonds. The number of benzene rings is 1. The van der Waals surface area contributed by atoms with Gasteiger partial charge >= 0.3 is 0 Å². The minimum atomic E-state index is -0.621. The highest BCUT2D eigenvalue weighted by molar-refractivity contribution is 7.10. The molecule has 3 nitrogen and oxygen atoms in total. The molecule has 4 rings (SSSR count). The number of nitrogens with zero attached hydrogens (tertiary/aromatic N) is 1. The number of carbonyl (C=O) groups excluding carboxylic acids is 1. The van der Waals surface area contributed by atoms with E-state index in [2.05, 4.69) is 5.32 Å². The molecule has 25 heavy (non-hydrogen) atoms. The van der Waals surface area contributed by atoms with Crippen molar-refractivity contribution in [2.45, 2.75) is 38.5 Å². The molecular formula is C19H20F2N2OS. The van der Waals surface area contributed by atoms with Crippen LogP contribution in [0.5, 0.6) is 0 Å². The third-order valence-corrected chi connectivity index (χ3v) is 6.09. The second-order valence-electron chi connectivity index (χ2n) is 6.69. The topological polar surface area (TPSA) is 32.3 Å². The van der Waals surface area contributed by atoms with Crippen molar-refractivity contribution in [1.29, 1.82) is 0 Å². The first-order chi connectivity index (χ1) is 12.1. The number of halogens is 2. The Kier molecular flexibility index (Phi) is 4.46. The average molecular weight is 362 g/mol. The molecule has 0 atom stereocenters. The molecule has 1 N–H and O–H groups in total. The quantitative estimate of drug-likeness (QED) is 0.854. The number of amides is 1. The number of nitrogens with one attached hydrogen (secondary N) is 1. The van der Waals surface area contributed by atoms with Crippen LogP contribution in [-0.4, -0.2) is 19.0 Å². The molecule has 0 spiro atoms. The van der Waals surface area contributed by atoms with E-state index in [0.717, 1.165) is 44.1 Å². The second-order valence-corrected chi connectivity index (χ2v) is 7.66. The molecular weight excluding hydrogens is 342 g/mol. The fraction of sp³-hybridized carbons (Fsp3) is 0.421. The normalized spacial score (nSPS) is 16.8. The number of anilines is 2. The van der Waals surface area contributed by atoms with Gasteiger partial charge in [-0.3, -0.25) is 4.79 Å². The van der Waals surface area contributed by atoms with Gasteiger partial charge in [-0.05, 0) is 56.2 Å². The van der Waals surface area contributed by atoms with Crippen LogP contribution in [0.15, 0.2) is 17.5 Å². The van der Waals surface area contributed by atoms with Crippen molar-refractivity contribution in [2.24, 2.45) is 0 Å². The summed E-state index contributed by atoms with van der Waals surface area (Å²) in [6, 6.07) is 2.43. The van der Waals surface area contributed by atoms with E-state index in [1.165, 1.54) is 17.0 Å². The number of rotatable bonds is 3. The van der Waals surface area contributed by atoms with Gasteiger partial charge in [0.05, 0.1) is 5.56 Å². The lowest BCUT2D eigenvalue weighted by atomic mass is 9.95. The number of aryl methyl sites for hydroxylation is 1. The Bertz CT molecular complexity index is 789. The highest BCUT2D eigenvalue weighted by Crippen LogP contribution is 2.32. The molecule has 6 heteroatoms. The summed E-state index contributed by atoms with van der Waals surface area (Å²) in [5.41, 5.74) is 1.93. The van der Waals surface area contributed by atoms with Crippen LogP contribution in [0, 0.1) is 11.6 Å². The van der Waals surface area contributed by atoms with Crippen LogP contribution in [0.25, 0.3) is 0 Å². The lowest BCUT2D eigenvalue weighted by Gasteiger charge is -2.20. The van der Waals surface area contributed by atoms with Crippen molar-refractivity contribution in [1.82, 2.24) is 0 Å². The molecule has 1 aliphatic carbocycles. The maximum absolute atomic E-state index is 14.4. The summed E-state index contributed by atoms with van der Waals surface area (Å²) in [5, 5.41) is 4.52. The highest BCUT2D eigenvalue weighted by Gasteiger charge is 2.23. The molecule has 1 aliphatic heterocycles. The molecule has 1 aromatic heterocycles. The fourth-order valence-electron chi connectivity index (χ4n) is 3.76. The number of hydrogen-bond donors (Lipinski definition) is 1. The molecule has 2 aliphatic rings. The van der Waals surface area contributed by atoms with Crippen LogP contribution >= 0.6 is 11.3 Å². The van der Waals surface area contributed by atoms with Gasteiger partial charge in [-0.15, -0.1) is 11.3 Å². The molecule has 132 valence electrons. The van der Waals surface area contributed by atoms with Crippen molar-refractivity contribution in [3.05, 3.63) is 45.2 Å². The van der Waals surface area contributed by atoms with E-state index in [1.807, 2.05) is 5.38 Å². The molecule has 0 unspecified atom stereocenters. The third kappa shape index (κ3) is 3.15. The van der Waals surface area contributed by atoms with E-state index < -0.39 is 11.6 Å². The highest BCUT2D eigenvalue weighted by atomic mass is 32.1. The molecule has 0 radical (unpaired) electrons. The van der Waals surface area contributed by atoms with Gasteiger partial charge in [0.1, 0.15) is 5.69 Å². The summed E-state index contributed by atoms with van der Waals surface area (Å²) >= 11 is 1.60. The Morgan fingerprint density at radius 2 is 1.72 bits per heavy atom. The van der Waals surface area contributed by atoms with Gasteiger partial charge in [0.2, 0.25) is 0 Å². The SMILES string of the molecule is O=C(Nc1cc(F)c(N2CCCC2)c(F)c1)c1csc2c1CCCC2. The van der Waals surface area contributed by atoms with E-state index in [4.69, 9.17) is 0 Å². The summed E-state index contributed by atoms with van der Waals surface area (Å²) in [6.45, 7) is 1.33. The van der Waals surface area contributed by atoms with Crippen LogP contribution in [0.1, 0.15) is 46.5 Å². The molecule has 0 saturated carbocycles. The maximum Gasteiger partial charge on any atom is 0.256 e. The Morgan fingerprint density at radius 1 is 1.04 bits per heavy atom.